The van der Waals surface area contributed by atoms with E-state index in [1.165, 1.54) is 4.90 Å². The minimum absolute atomic E-state index is 0.224. The maximum atomic E-state index is 12.6. The van der Waals surface area contributed by atoms with Crippen LogP contribution in [0.4, 0.5) is 11.6 Å². The van der Waals surface area contributed by atoms with Crippen LogP contribution < -0.4 is 5.32 Å². The Morgan fingerprint density at radius 3 is 2.26 bits per heavy atom. The first kappa shape index (κ1) is 22.5. The zero-order valence-electron chi connectivity index (χ0n) is 19.8. The minimum Gasteiger partial charge on any atom is -0.324 e. The molecule has 4 aromatic rings. The minimum atomic E-state index is -1.43. The summed E-state index contributed by atoms with van der Waals surface area (Å²) in [4.78, 5) is 35.5. The van der Waals surface area contributed by atoms with Crippen molar-refractivity contribution in [1.29, 1.82) is 0 Å². The largest absolute Gasteiger partial charge is 0.324 e. The first-order valence-corrected chi connectivity index (χ1v) is 14.9. The molecule has 0 atom stereocenters. The molecule has 0 saturated heterocycles. The van der Waals surface area contributed by atoms with Gasteiger partial charge in [-0.25, -0.2) is 9.97 Å². The molecular formula is C28H24N4O2Si. The maximum absolute atomic E-state index is 12.6. The van der Waals surface area contributed by atoms with E-state index in [2.05, 4.69) is 46.4 Å². The summed E-state index contributed by atoms with van der Waals surface area (Å²) in [5, 5.41) is 4.16. The fourth-order valence-corrected chi connectivity index (χ4v) is 4.34. The van der Waals surface area contributed by atoms with Crippen molar-refractivity contribution in [3.63, 3.8) is 0 Å². The fourth-order valence-electron chi connectivity index (χ4n) is 3.82. The second-order valence-corrected chi connectivity index (χ2v) is 14.3. The number of hydrogen-bond donors (Lipinski definition) is 1. The smallest absolute Gasteiger partial charge is 0.261 e. The Balaban J connectivity index is 1.28. The molecule has 0 bridgehead atoms. The van der Waals surface area contributed by atoms with Gasteiger partial charge in [0.25, 0.3) is 11.8 Å². The Morgan fingerprint density at radius 1 is 0.914 bits per heavy atom. The van der Waals surface area contributed by atoms with E-state index in [0.29, 0.717) is 17.1 Å². The molecule has 0 saturated carbocycles. The third-order valence-corrected chi connectivity index (χ3v) is 6.47. The van der Waals surface area contributed by atoms with Gasteiger partial charge in [-0.2, -0.15) is 0 Å². The van der Waals surface area contributed by atoms with E-state index in [0.717, 1.165) is 27.7 Å². The first-order chi connectivity index (χ1) is 16.8. The molecule has 1 N–H and O–H groups in total. The second-order valence-electron chi connectivity index (χ2n) is 9.53. The topological polar surface area (TPSA) is 75.2 Å². The molecule has 1 aliphatic heterocycles. The molecule has 5 rings (SSSR count). The number of carbonyl (C=O) groups is 2. The van der Waals surface area contributed by atoms with E-state index >= 15 is 0 Å². The van der Waals surface area contributed by atoms with Crippen molar-refractivity contribution in [2.24, 2.45) is 0 Å². The zero-order valence-corrected chi connectivity index (χ0v) is 20.8. The lowest BCUT2D eigenvalue weighted by Crippen LogP contribution is -2.29. The first-order valence-electron chi connectivity index (χ1n) is 11.4. The summed E-state index contributed by atoms with van der Waals surface area (Å²) in [5.74, 6) is 3.25. The van der Waals surface area contributed by atoms with Gasteiger partial charge in [-0.3, -0.25) is 14.5 Å². The number of carbonyl (C=O) groups excluding carboxylic acids is 2. The van der Waals surface area contributed by atoms with Crippen molar-refractivity contribution >= 4 is 42.4 Å². The SMILES string of the molecule is C[Si](C)(C)C#Cc1ccc2nc(Nc3ccc(CN4C(=O)c5ccccc5C4=O)cc3)ncc2c1. The molecule has 6 nitrogen and oxygen atoms in total. The van der Waals surface area contributed by atoms with Crippen molar-refractivity contribution in [2.45, 2.75) is 26.2 Å². The van der Waals surface area contributed by atoms with E-state index < -0.39 is 8.07 Å². The van der Waals surface area contributed by atoms with Crippen molar-refractivity contribution in [1.82, 2.24) is 14.9 Å². The van der Waals surface area contributed by atoms with Gasteiger partial charge in [-0.05, 0) is 48.0 Å². The number of imide groups is 1. The summed E-state index contributed by atoms with van der Waals surface area (Å²) in [5.41, 5.74) is 7.77. The molecule has 7 heteroatoms. The predicted octanol–water partition coefficient (Wildman–Crippen LogP) is 5.40. The van der Waals surface area contributed by atoms with Gasteiger partial charge in [-0.15, -0.1) is 5.54 Å². The van der Waals surface area contributed by atoms with E-state index in [-0.39, 0.29) is 18.4 Å². The van der Waals surface area contributed by atoms with E-state index in [4.69, 9.17) is 0 Å². The summed E-state index contributed by atoms with van der Waals surface area (Å²) in [6.45, 7) is 6.89. The number of hydrogen-bond acceptors (Lipinski definition) is 5. The van der Waals surface area contributed by atoms with E-state index in [1.54, 1.807) is 30.5 Å². The van der Waals surface area contributed by atoms with Gasteiger partial charge in [0.2, 0.25) is 5.95 Å². The summed E-state index contributed by atoms with van der Waals surface area (Å²) in [6.07, 6.45) is 1.79. The number of rotatable bonds is 4. The molecule has 0 radical (unpaired) electrons. The Kier molecular flexibility index (Phi) is 5.67. The number of nitrogens with zero attached hydrogens (tertiary/aromatic N) is 3. The lowest BCUT2D eigenvalue weighted by molar-refractivity contribution is 0.0642. The zero-order chi connectivity index (χ0) is 24.6. The number of nitrogens with one attached hydrogen (secondary N) is 1. The van der Waals surface area contributed by atoms with Crippen molar-refractivity contribution in [3.05, 3.63) is 95.2 Å². The van der Waals surface area contributed by atoms with Gasteiger partial charge >= 0.3 is 0 Å². The molecule has 0 spiro atoms. The summed E-state index contributed by atoms with van der Waals surface area (Å²) >= 11 is 0. The van der Waals surface area contributed by atoms with Gasteiger partial charge in [0, 0.05) is 22.8 Å². The highest BCUT2D eigenvalue weighted by molar-refractivity contribution is 6.83. The van der Waals surface area contributed by atoms with Gasteiger partial charge in [0.15, 0.2) is 0 Å². The lowest BCUT2D eigenvalue weighted by Gasteiger charge is -2.14. The molecule has 2 heterocycles. The lowest BCUT2D eigenvalue weighted by atomic mass is 10.1. The van der Waals surface area contributed by atoms with Gasteiger partial charge in [0.1, 0.15) is 8.07 Å². The highest BCUT2D eigenvalue weighted by Gasteiger charge is 2.34. The van der Waals surface area contributed by atoms with Crippen LogP contribution in [0.25, 0.3) is 10.9 Å². The number of fused-ring (bicyclic) bond motifs is 2. The molecule has 172 valence electrons. The molecule has 3 aromatic carbocycles. The molecule has 0 fully saturated rings. The summed E-state index contributed by atoms with van der Waals surface area (Å²) in [7, 11) is -1.43. The molecule has 0 unspecified atom stereocenters. The Hall–Kier alpha value is -4.28. The third-order valence-electron chi connectivity index (χ3n) is 5.59. The molecular weight excluding hydrogens is 452 g/mol. The van der Waals surface area contributed by atoms with E-state index in [1.807, 2.05) is 42.5 Å². The van der Waals surface area contributed by atoms with Gasteiger partial charge in [0.05, 0.1) is 23.2 Å². The normalized spacial score (nSPS) is 12.9. The molecule has 1 aromatic heterocycles. The maximum Gasteiger partial charge on any atom is 0.261 e. The number of benzene rings is 3. The van der Waals surface area contributed by atoms with Crippen molar-refractivity contribution in [2.75, 3.05) is 5.32 Å². The van der Waals surface area contributed by atoms with Crippen LogP contribution in [0, 0.1) is 11.5 Å². The summed E-state index contributed by atoms with van der Waals surface area (Å²) < 4.78 is 0. The Bertz CT molecular complexity index is 1490. The van der Waals surface area contributed by atoms with Crippen LogP contribution in [-0.4, -0.2) is 34.8 Å². The highest BCUT2D eigenvalue weighted by atomic mass is 28.3. The molecule has 35 heavy (non-hydrogen) atoms. The van der Waals surface area contributed by atoms with E-state index in [9.17, 15) is 9.59 Å². The van der Waals surface area contributed by atoms with Crippen LogP contribution in [0.15, 0.2) is 72.9 Å². The van der Waals surface area contributed by atoms with Crippen LogP contribution in [0.3, 0.4) is 0 Å². The van der Waals surface area contributed by atoms with Crippen molar-refractivity contribution < 1.29 is 9.59 Å². The van der Waals surface area contributed by atoms with Gasteiger partial charge in [-0.1, -0.05) is 49.8 Å². The van der Waals surface area contributed by atoms with Crippen LogP contribution in [0.5, 0.6) is 0 Å². The predicted molar refractivity (Wildman–Crippen MR) is 140 cm³/mol. The molecule has 1 aliphatic rings. The fraction of sp³-hybridized carbons (Fsp3) is 0.143. The summed E-state index contributed by atoms with van der Waals surface area (Å²) in [6, 6.07) is 20.4. The Morgan fingerprint density at radius 2 is 1.60 bits per heavy atom. The van der Waals surface area contributed by atoms with Crippen LogP contribution in [0.2, 0.25) is 19.6 Å². The third kappa shape index (κ3) is 4.83. The van der Waals surface area contributed by atoms with Crippen LogP contribution >= 0.6 is 0 Å². The second kappa shape index (κ2) is 8.82. The number of amides is 2. The quantitative estimate of drug-likeness (QED) is 0.243. The number of aromatic nitrogens is 2. The average molecular weight is 477 g/mol. The monoisotopic (exact) mass is 476 g/mol. The van der Waals surface area contributed by atoms with Gasteiger partial charge < -0.3 is 5.32 Å². The standard InChI is InChI=1S/C28H24N4O2Si/c1-35(2,3)15-14-19-10-13-25-21(16-19)17-29-28(31-25)30-22-11-8-20(9-12-22)18-32-26(33)23-6-4-5-7-24(23)27(32)34/h4-13,16-17H,18H2,1-3H3,(H,29,30,31). The van der Waals surface area contributed by atoms with Crippen molar-refractivity contribution in [3.8, 4) is 11.5 Å². The highest BCUT2D eigenvalue weighted by Crippen LogP contribution is 2.25. The molecule has 2 amide bonds. The molecule has 0 aliphatic carbocycles. The average Bonchev–Trinajstić information content (AvgIpc) is 3.08. The Labute approximate surface area is 205 Å². The van der Waals surface area contributed by atoms with Crippen LogP contribution in [0.1, 0.15) is 31.8 Å². The number of anilines is 2. The van der Waals surface area contributed by atoms with Crippen LogP contribution in [-0.2, 0) is 6.54 Å².